The Balaban J connectivity index is 1.44. The number of carbonyl (C=O) groups excluding carboxylic acids is 2. The highest BCUT2D eigenvalue weighted by Gasteiger charge is 2.26. The van der Waals surface area contributed by atoms with Crippen molar-refractivity contribution >= 4 is 17.6 Å². The Morgan fingerprint density at radius 3 is 2.33 bits per heavy atom. The summed E-state index contributed by atoms with van der Waals surface area (Å²) in [5, 5.41) is 12.7. The van der Waals surface area contributed by atoms with Gasteiger partial charge in [0.1, 0.15) is 23.5 Å². The average Bonchev–Trinajstić information content (AvgIpc) is 3.12. The van der Waals surface area contributed by atoms with Crippen LogP contribution in [0.25, 0.3) is 5.69 Å². The number of aromatic nitrogens is 1. The van der Waals surface area contributed by atoms with Gasteiger partial charge in [0.05, 0.1) is 24.8 Å². The second-order valence-corrected chi connectivity index (χ2v) is 8.68. The maximum atomic E-state index is 14.0. The van der Waals surface area contributed by atoms with Crippen LogP contribution in [0.3, 0.4) is 0 Å². The van der Waals surface area contributed by atoms with Gasteiger partial charge >= 0.3 is 0 Å². The van der Waals surface area contributed by atoms with Crippen molar-refractivity contribution in [3.05, 3.63) is 76.7 Å². The Kier molecular flexibility index (Phi) is 7.36. The minimum atomic E-state index is -0.539. The van der Waals surface area contributed by atoms with Crippen LogP contribution in [0.15, 0.2) is 48.5 Å². The Morgan fingerprint density at radius 2 is 1.72 bits per heavy atom. The summed E-state index contributed by atoms with van der Waals surface area (Å²) in [6.07, 6.45) is 0. The third-order valence-electron chi connectivity index (χ3n) is 6.54. The fourth-order valence-electron chi connectivity index (χ4n) is 4.40. The molecule has 2 aromatic carbocycles. The van der Waals surface area contributed by atoms with Crippen LogP contribution in [-0.4, -0.2) is 66.0 Å². The van der Waals surface area contributed by atoms with Crippen LogP contribution >= 0.6 is 0 Å². The summed E-state index contributed by atoms with van der Waals surface area (Å²) in [7, 11) is 1.59. The number of methoxy groups -OCH3 is 1. The smallest absolute Gasteiger partial charge is 0.256 e. The predicted molar refractivity (Wildman–Crippen MR) is 134 cm³/mol. The molecule has 0 saturated carbocycles. The molecule has 3 aromatic rings. The molecule has 0 radical (unpaired) electrons. The zero-order valence-electron chi connectivity index (χ0n) is 20.5. The van der Waals surface area contributed by atoms with E-state index in [1.54, 1.807) is 24.1 Å². The molecular formula is C27H28FN5O3. The summed E-state index contributed by atoms with van der Waals surface area (Å²) in [5.74, 6) is -0.00939. The molecule has 36 heavy (non-hydrogen) atoms. The second-order valence-electron chi connectivity index (χ2n) is 8.68. The van der Waals surface area contributed by atoms with Crippen LogP contribution in [-0.2, 0) is 4.79 Å². The first-order chi connectivity index (χ1) is 17.3. The number of piperazine rings is 1. The highest BCUT2D eigenvalue weighted by molar-refractivity contribution is 5.95. The first-order valence-electron chi connectivity index (χ1n) is 11.7. The van der Waals surface area contributed by atoms with Gasteiger partial charge in [-0.3, -0.25) is 19.1 Å². The first kappa shape index (κ1) is 24.9. The molecule has 0 atom stereocenters. The number of amides is 2. The van der Waals surface area contributed by atoms with Crippen molar-refractivity contribution in [2.75, 3.05) is 45.2 Å². The number of anilines is 1. The second kappa shape index (κ2) is 10.6. The molecule has 1 N–H and O–H groups in total. The quantitative estimate of drug-likeness (QED) is 0.572. The monoisotopic (exact) mass is 489 g/mol. The predicted octanol–water partition coefficient (Wildman–Crippen LogP) is 3.51. The summed E-state index contributed by atoms with van der Waals surface area (Å²) in [6.45, 7) is 5.62. The molecule has 1 aliphatic heterocycles. The van der Waals surface area contributed by atoms with Gasteiger partial charge in [0.15, 0.2) is 0 Å². The normalized spacial score (nSPS) is 13.8. The summed E-state index contributed by atoms with van der Waals surface area (Å²) in [5.41, 5.74) is 2.92. The molecule has 1 aliphatic rings. The lowest BCUT2D eigenvalue weighted by molar-refractivity contribution is -0.117. The van der Waals surface area contributed by atoms with Crippen molar-refractivity contribution in [2.24, 2.45) is 0 Å². The lowest BCUT2D eigenvalue weighted by Gasteiger charge is -2.34. The Labute approximate surface area is 209 Å². The van der Waals surface area contributed by atoms with Crippen LogP contribution in [0, 0.1) is 31.0 Å². The minimum absolute atomic E-state index is 0.0535. The SMILES string of the molecule is COc1ccc(-n2c(C)c(C)c(C#N)c2NC(=O)CN2CCN(C(=O)c3ccccc3F)CC2)cc1. The zero-order chi connectivity index (χ0) is 25.8. The van der Waals surface area contributed by atoms with Crippen LogP contribution < -0.4 is 10.1 Å². The number of nitriles is 1. The molecule has 2 heterocycles. The van der Waals surface area contributed by atoms with E-state index >= 15 is 0 Å². The van der Waals surface area contributed by atoms with Gasteiger partial charge in [-0.25, -0.2) is 4.39 Å². The Hall–Kier alpha value is -4.16. The van der Waals surface area contributed by atoms with E-state index in [0.717, 1.165) is 16.9 Å². The van der Waals surface area contributed by atoms with E-state index in [-0.39, 0.29) is 23.9 Å². The standard InChI is InChI=1S/C27H28FN5O3/c1-18-19(2)33(20-8-10-21(36-3)11-9-20)26(23(18)16-29)30-25(34)17-31-12-14-32(15-13-31)27(35)22-6-4-5-7-24(22)28/h4-11H,12-15,17H2,1-3H3,(H,30,34). The van der Waals surface area contributed by atoms with Crippen LogP contribution in [0.1, 0.15) is 27.2 Å². The summed E-state index contributed by atoms with van der Waals surface area (Å²) < 4.78 is 21.1. The van der Waals surface area contributed by atoms with Gasteiger partial charge in [-0.1, -0.05) is 12.1 Å². The minimum Gasteiger partial charge on any atom is -0.497 e. The first-order valence-corrected chi connectivity index (χ1v) is 11.7. The van der Waals surface area contributed by atoms with Gasteiger partial charge in [0, 0.05) is 37.6 Å². The van der Waals surface area contributed by atoms with Crippen molar-refractivity contribution in [1.29, 1.82) is 5.26 Å². The van der Waals surface area contributed by atoms with E-state index in [1.165, 1.54) is 12.1 Å². The molecule has 0 spiro atoms. The molecule has 1 fully saturated rings. The topological polar surface area (TPSA) is 90.6 Å². The number of carbonyl (C=O) groups is 2. The fourth-order valence-corrected chi connectivity index (χ4v) is 4.40. The molecule has 8 nitrogen and oxygen atoms in total. The molecule has 4 rings (SSSR count). The number of halogens is 1. The highest BCUT2D eigenvalue weighted by Crippen LogP contribution is 2.30. The van der Waals surface area contributed by atoms with Crippen molar-refractivity contribution in [3.63, 3.8) is 0 Å². The van der Waals surface area contributed by atoms with E-state index in [4.69, 9.17) is 4.74 Å². The largest absolute Gasteiger partial charge is 0.497 e. The van der Waals surface area contributed by atoms with Crippen molar-refractivity contribution in [1.82, 2.24) is 14.4 Å². The van der Waals surface area contributed by atoms with E-state index < -0.39 is 5.82 Å². The number of benzene rings is 2. The highest BCUT2D eigenvalue weighted by atomic mass is 19.1. The molecule has 0 aliphatic carbocycles. The van der Waals surface area contributed by atoms with Gasteiger partial charge in [-0.15, -0.1) is 0 Å². The Bertz CT molecular complexity index is 1320. The number of nitrogens with zero attached hydrogens (tertiary/aromatic N) is 4. The molecule has 0 unspecified atom stereocenters. The molecule has 2 amide bonds. The maximum Gasteiger partial charge on any atom is 0.256 e. The molecule has 9 heteroatoms. The third-order valence-corrected chi connectivity index (χ3v) is 6.54. The number of hydrogen-bond donors (Lipinski definition) is 1. The molecular weight excluding hydrogens is 461 g/mol. The van der Waals surface area contributed by atoms with E-state index in [9.17, 15) is 19.2 Å². The number of ether oxygens (including phenoxy) is 1. The zero-order valence-corrected chi connectivity index (χ0v) is 20.5. The fraction of sp³-hybridized carbons (Fsp3) is 0.296. The summed E-state index contributed by atoms with van der Waals surface area (Å²) >= 11 is 0. The third kappa shape index (κ3) is 4.95. The summed E-state index contributed by atoms with van der Waals surface area (Å²) in [6, 6.07) is 15.5. The lowest BCUT2D eigenvalue weighted by atomic mass is 10.1. The van der Waals surface area contributed by atoms with Gasteiger partial charge in [0.25, 0.3) is 5.91 Å². The number of nitrogens with one attached hydrogen (secondary N) is 1. The van der Waals surface area contributed by atoms with Gasteiger partial charge < -0.3 is 15.0 Å². The number of rotatable bonds is 6. The van der Waals surface area contributed by atoms with E-state index in [1.807, 2.05) is 47.6 Å². The maximum absolute atomic E-state index is 14.0. The van der Waals surface area contributed by atoms with E-state index in [0.29, 0.717) is 43.3 Å². The molecule has 0 bridgehead atoms. The van der Waals surface area contributed by atoms with Crippen LogP contribution in [0.2, 0.25) is 0 Å². The van der Waals surface area contributed by atoms with Gasteiger partial charge in [-0.05, 0) is 55.8 Å². The van der Waals surface area contributed by atoms with Crippen molar-refractivity contribution in [2.45, 2.75) is 13.8 Å². The number of hydrogen-bond acceptors (Lipinski definition) is 5. The van der Waals surface area contributed by atoms with Crippen molar-refractivity contribution in [3.8, 4) is 17.5 Å². The Morgan fingerprint density at radius 1 is 1.06 bits per heavy atom. The molecule has 186 valence electrons. The van der Waals surface area contributed by atoms with E-state index in [2.05, 4.69) is 11.4 Å². The summed E-state index contributed by atoms with van der Waals surface area (Å²) in [4.78, 5) is 29.2. The van der Waals surface area contributed by atoms with Crippen LogP contribution in [0.5, 0.6) is 5.75 Å². The molecule has 1 aromatic heterocycles. The lowest BCUT2D eigenvalue weighted by Crippen LogP contribution is -2.50. The van der Waals surface area contributed by atoms with Crippen molar-refractivity contribution < 1.29 is 18.7 Å². The average molecular weight is 490 g/mol. The van der Waals surface area contributed by atoms with Gasteiger partial charge in [0.2, 0.25) is 5.91 Å². The van der Waals surface area contributed by atoms with Crippen LogP contribution in [0.4, 0.5) is 10.2 Å². The molecule has 1 saturated heterocycles. The van der Waals surface area contributed by atoms with Gasteiger partial charge in [-0.2, -0.15) is 5.26 Å².